The lowest BCUT2D eigenvalue weighted by atomic mass is 10.1. The third kappa shape index (κ3) is 10.9. The lowest BCUT2D eigenvalue weighted by molar-refractivity contribution is -0.138. The maximum absolute atomic E-state index is 11.1. The minimum atomic E-state index is -1.02. The number of alkyl carbamates (subject to hydrolysis) is 1. The molecular formula is C10H19N5O4. The molecular weight excluding hydrogens is 254 g/mol. The van der Waals surface area contributed by atoms with Gasteiger partial charge in [-0.25, -0.2) is 4.79 Å². The Balaban J connectivity index is 3.38. The van der Waals surface area contributed by atoms with Crippen molar-refractivity contribution in [1.29, 1.82) is 0 Å². The summed E-state index contributed by atoms with van der Waals surface area (Å²) >= 11 is 0. The Labute approximate surface area is 110 Å². The molecule has 0 radical (unpaired) electrons. The van der Waals surface area contributed by atoms with Gasteiger partial charge in [0, 0.05) is 18.0 Å². The van der Waals surface area contributed by atoms with Crippen LogP contribution in [-0.4, -0.2) is 42.9 Å². The van der Waals surface area contributed by atoms with Gasteiger partial charge in [-0.3, -0.25) is 4.79 Å². The van der Waals surface area contributed by atoms with Crippen molar-refractivity contribution in [2.45, 2.75) is 31.7 Å². The molecule has 1 atom stereocenters. The smallest absolute Gasteiger partial charge is 0.407 e. The fraction of sp³-hybridized carbons (Fsp3) is 0.800. The van der Waals surface area contributed by atoms with Crippen molar-refractivity contribution in [2.75, 3.05) is 19.7 Å². The molecule has 1 amide bonds. The summed E-state index contributed by atoms with van der Waals surface area (Å²) < 4.78 is 4.80. The summed E-state index contributed by atoms with van der Waals surface area (Å²) in [5, 5.41) is 14.4. The number of aliphatic carboxylic acids is 1. The molecule has 4 N–H and O–H groups in total. The van der Waals surface area contributed by atoms with E-state index in [2.05, 4.69) is 15.3 Å². The van der Waals surface area contributed by atoms with E-state index in [0.29, 0.717) is 32.2 Å². The number of hydrogen-bond acceptors (Lipinski definition) is 5. The lowest BCUT2D eigenvalue weighted by Crippen LogP contribution is -2.30. The van der Waals surface area contributed by atoms with Crippen LogP contribution in [0.3, 0.4) is 0 Å². The van der Waals surface area contributed by atoms with Gasteiger partial charge < -0.3 is 20.9 Å². The Morgan fingerprint density at radius 2 is 2.16 bits per heavy atom. The molecule has 0 aromatic heterocycles. The van der Waals surface area contributed by atoms with Gasteiger partial charge in [0.25, 0.3) is 0 Å². The molecule has 19 heavy (non-hydrogen) atoms. The molecule has 0 saturated heterocycles. The minimum Gasteiger partial charge on any atom is -0.480 e. The van der Waals surface area contributed by atoms with Crippen molar-refractivity contribution in [1.82, 2.24) is 5.32 Å². The normalized spacial score (nSPS) is 11.2. The fourth-order valence-corrected chi connectivity index (χ4v) is 1.20. The number of ether oxygens (including phenoxy) is 1. The number of azide groups is 1. The first-order valence-electron chi connectivity index (χ1n) is 5.97. The highest BCUT2D eigenvalue weighted by Crippen LogP contribution is 1.98. The highest BCUT2D eigenvalue weighted by atomic mass is 16.5. The van der Waals surface area contributed by atoms with Crippen molar-refractivity contribution < 1.29 is 19.4 Å². The number of amides is 1. The van der Waals surface area contributed by atoms with E-state index in [1.807, 2.05) is 0 Å². The Morgan fingerprint density at radius 1 is 1.42 bits per heavy atom. The number of hydrogen-bond donors (Lipinski definition) is 3. The van der Waals surface area contributed by atoms with E-state index in [1.54, 1.807) is 0 Å². The van der Waals surface area contributed by atoms with E-state index < -0.39 is 18.1 Å². The van der Waals surface area contributed by atoms with Gasteiger partial charge in [-0.15, -0.1) is 0 Å². The maximum atomic E-state index is 11.1. The number of carboxylic acid groups (broad SMARTS) is 1. The Hall–Kier alpha value is -1.99. The van der Waals surface area contributed by atoms with Crippen molar-refractivity contribution in [3.63, 3.8) is 0 Å². The number of carboxylic acids is 1. The molecule has 0 aliphatic rings. The van der Waals surface area contributed by atoms with Crippen molar-refractivity contribution in [3.05, 3.63) is 10.4 Å². The molecule has 0 saturated carbocycles. The fourth-order valence-electron chi connectivity index (χ4n) is 1.20. The van der Waals surface area contributed by atoms with Gasteiger partial charge in [-0.2, -0.15) is 0 Å². The first-order valence-corrected chi connectivity index (χ1v) is 5.97. The number of carbonyl (C=O) groups is 2. The highest BCUT2D eigenvalue weighted by Gasteiger charge is 2.10. The third-order valence-corrected chi connectivity index (χ3v) is 2.23. The first-order chi connectivity index (χ1) is 9.07. The summed E-state index contributed by atoms with van der Waals surface area (Å²) in [5.74, 6) is -1.02. The van der Waals surface area contributed by atoms with E-state index in [-0.39, 0.29) is 13.2 Å². The van der Waals surface area contributed by atoms with Crippen LogP contribution in [-0.2, 0) is 9.53 Å². The molecule has 0 heterocycles. The van der Waals surface area contributed by atoms with Gasteiger partial charge in [0.05, 0.1) is 6.61 Å². The maximum Gasteiger partial charge on any atom is 0.407 e. The zero-order chi connectivity index (χ0) is 14.5. The largest absolute Gasteiger partial charge is 0.480 e. The summed E-state index contributed by atoms with van der Waals surface area (Å²) in [5.41, 5.74) is 13.3. The van der Waals surface area contributed by atoms with Gasteiger partial charge in [0.15, 0.2) is 0 Å². The van der Waals surface area contributed by atoms with E-state index >= 15 is 0 Å². The van der Waals surface area contributed by atoms with Crippen molar-refractivity contribution in [2.24, 2.45) is 10.8 Å². The second-order valence-corrected chi connectivity index (χ2v) is 3.81. The van der Waals surface area contributed by atoms with E-state index in [0.717, 1.165) is 0 Å². The van der Waals surface area contributed by atoms with Crippen LogP contribution < -0.4 is 11.1 Å². The predicted octanol–water partition coefficient (Wildman–Crippen LogP) is 0.995. The number of unbranched alkanes of at least 4 members (excludes halogenated alkanes) is 1. The van der Waals surface area contributed by atoms with E-state index in [1.165, 1.54) is 0 Å². The molecule has 0 aromatic carbocycles. The SMILES string of the molecule is [N-]=[N+]=NCCCOC(=O)NCCCCC(N)C(=O)O. The minimum absolute atomic E-state index is 0.189. The molecule has 0 aliphatic heterocycles. The van der Waals surface area contributed by atoms with Crippen LogP contribution in [0.25, 0.3) is 10.4 Å². The zero-order valence-electron chi connectivity index (χ0n) is 10.6. The summed E-state index contributed by atoms with van der Waals surface area (Å²) in [6.45, 7) is 0.882. The number of nitrogens with two attached hydrogens (primary N) is 1. The van der Waals surface area contributed by atoms with Crippen LogP contribution in [0.5, 0.6) is 0 Å². The molecule has 9 heteroatoms. The summed E-state index contributed by atoms with van der Waals surface area (Å²) in [6.07, 6.45) is 1.56. The van der Waals surface area contributed by atoms with Gasteiger partial charge in [-0.05, 0) is 31.2 Å². The van der Waals surface area contributed by atoms with Crippen LogP contribution in [0.2, 0.25) is 0 Å². The summed E-state index contributed by atoms with van der Waals surface area (Å²) in [6, 6.07) is -0.854. The molecule has 0 aromatic rings. The third-order valence-electron chi connectivity index (χ3n) is 2.23. The lowest BCUT2D eigenvalue weighted by Gasteiger charge is -2.07. The average molecular weight is 273 g/mol. The molecule has 1 unspecified atom stereocenters. The second kappa shape index (κ2) is 11.1. The van der Waals surface area contributed by atoms with Gasteiger partial charge in [-0.1, -0.05) is 5.11 Å². The van der Waals surface area contributed by atoms with Crippen LogP contribution in [0, 0.1) is 0 Å². The second-order valence-electron chi connectivity index (χ2n) is 3.81. The number of nitrogens with one attached hydrogen (secondary N) is 1. The van der Waals surface area contributed by atoms with E-state index in [9.17, 15) is 9.59 Å². The number of nitrogens with zero attached hydrogens (tertiary/aromatic N) is 3. The van der Waals surface area contributed by atoms with Crippen LogP contribution in [0.15, 0.2) is 5.11 Å². The summed E-state index contributed by atoms with van der Waals surface area (Å²) in [4.78, 5) is 24.1. The average Bonchev–Trinajstić information content (AvgIpc) is 2.37. The predicted molar refractivity (Wildman–Crippen MR) is 67.4 cm³/mol. The monoisotopic (exact) mass is 273 g/mol. The van der Waals surface area contributed by atoms with E-state index in [4.69, 9.17) is 21.1 Å². The first kappa shape index (κ1) is 17.0. The molecule has 0 fully saturated rings. The van der Waals surface area contributed by atoms with Crippen molar-refractivity contribution >= 4 is 12.1 Å². The molecule has 0 rings (SSSR count). The molecule has 108 valence electrons. The van der Waals surface area contributed by atoms with Gasteiger partial charge in [0.1, 0.15) is 6.04 Å². The van der Waals surface area contributed by atoms with Gasteiger partial charge in [0.2, 0.25) is 0 Å². The van der Waals surface area contributed by atoms with Crippen molar-refractivity contribution in [3.8, 4) is 0 Å². The van der Waals surface area contributed by atoms with Gasteiger partial charge >= 0.3 is 12.1 Å². The van der Waals surface area contributed by atoms with Crippen LogP contribution >= 0.6 is 0 Å². The number of carbonyl (C=O) groups excluding carboxylic acids is 1. The Kier molecular flexibility index (Phi) is 9.96. The standard InChI is InChI=1S/C10H19N5O4/c11-8(9(16)17)4-1-2-5-13-10(18)19-7-3-6-14-15-12/h8H,1-7,11H2,(H,13,18)(H,16,17). The topological polar surface area (TPSA) is 150 Å². The number of rotatable bonds is 10. The summed E-state index contributed by atoms with van der Waals surface area (Å²) in [7, 11) is 0. The Morgan fingerprint density at radius 3 is 2.79 bits per heavy atom. The molecule has 0 bridgehead atoms. The quantitative estimate of drug-likeness (QED) is 0.235. The molecule has 0 aliphatic carbocycles. The highest BCUT2D eigenvalue weighted by molar-refractivity contribution is 5.72. The molecule has 9 nitrogen and oxygen atoms in total. The zero-order valence-corrected chi connectivity index (χ0v) is 10.6. The van der Waals surface area contributed by atoms with Crippen LogP contribution in [0.4, 0.5) is 4.79 Å². The van der Waals surface area contributed by atoms with Crippen LogP contribution in [0.1, 0.15) is 25.7 Å². The molecule has 0 spiro atoms. The Bertz CT molecular complexity index is 330.